The number of nitrogens with zero attached hydrogens (tertiary/aromatic N) is 1. The minimum Gasteiger partial charge on any atom is -0.207 e. The number of hydrogen-bond donors (Lipinski definition) is 0. The van der Waals surface area contributed by atoms with Gasteiger partial charge in [-0.25, -0.2) is 13.8 Å². The van der Waals surface area contributed by atoms with Gasteiger partial charge >= 0.3 is 0 Å². The molecular weight excluding hydrogens is 191 g/mol. The summed E-state index contributed by atoms with van der Waals surface area (Å²) >= 11 is 5.27. The summed E-state index contributed by atoms with van der Waals surface area (Å²) in [5, 5.41) is -0.479. The van der Waals surface area contributed by atoms with Crippen LogP contribution in [0.1, 0.15) is 17.6 Å². The molecule has 0 aromatic carbocycles. The first-order valence-electron chi connectivity index (χ1n) is 3.13. The highest BCUT2D eigenvalue weighted by atomic mass is 35.5. The Morgan fingerprint density at radius 2 is 2.08 bits per heavy atom. The molecule has 66 valence electrons. The third-order valence-electron chi connectivity index (χ3n) is 1.37. The van der Waals surface area contributed by atoms with Crippen molar-refractivity contribution in [2.24, 2.45) is 0 Å². The van der Waals surface area contributed by atoms with E-state index in [1.165, 1.54) is 6.92 Å². The van der Waals surface area contributed by atoms with Crippen LogP contribution in [0.2, 0.25) is 5.15 Å². The number of aryl methyl sites for hydroxylation is 1. The Labute approximate surface area is 72.2 Å². The highest BCUT2D eigenvalue weighted by molar-refractivity contribution is 6.30. The molecule has 5 heteroatoms. The van der Waals surface area contributed by atoms with Crippen LogP contribution in [0.5, 0.6) is 0 Å². The molecule has 0 atom stereocenters. The zero-order chi connectivity index (χ0) is 9.30. The fourth-order valence-corrected chi connectivity index (χ4v) is 0.956. The minimum atomic E-state index is -2.72. The van der Waals surface area contributed by atoms with E-state index in [1.54, 1.807) is 0 Å². The van der Waals surface area contributed by atoms with Gasteiger partial charge in [0.1, 0.15) is 5.15 Å². The molecule has 0 aliphatic heterocycles. The van der Waals surface area contributed by atoms with Gasteiger partial charge in [0.15, 0.2) is 0 Å². The Bertz CT molecular complexity index is 301. The summed E-state index contributed by atoms with van der Waals surface area (Å²) in [6.07, 6.45) is -2.72. The van der Waals surface area contributed by atoms with Crippen molar-refractivity contribution in [1.82, 2.24) is 4.98 Å². The van der Waals surface area contributed by atoms with Gasteiger partial charge in [0.05, 0.1) is 5.56 Å². The van der Waals surface area contributed by atoms with Gasteiger partial charge in [-0.2, -0.15) is 4.39 Å². The lowest BCUT2D eigenvalue weighted by Crippen LogP contribution is -1.95. The van der Waals surface area contributed by atoms with Crippen LogP contribution in [-0.4, -0.2) is 4.98 Å². The van der Waals surface area contributed by atoms with Crippen LogP contribution in [0, 0.1) is 12.9 Å². The van der Waals surface area contributed by atoms with Crippen molar-refractivity contribution in [1.29, 1.82) is 0 Å². The van der Waals surface area contributed by atoms with Crippen molar-refractivity contribution in [3.05, 3.63) is 28.3 Å². The smallest absolute Gasteiger partial charge is 0.207 e. The summed E-state index contributed by atoms with van der Waals surface area (Å²) in [5.41, 5.74) is -0.370. The molecule has 0 N–H and O–H groups in total. The van der Waals surface area contributed by atoms with E-state index in [-0.39, 0.29) is 5.56 Å². The second-order valence-corrected chi connectivity index (χ2v) is 2.63. The Hall–Kier alpha value is -0.770. The molecule has 0 saturated heterocycles. The third-order valence-corrected chi connectivity index (χ3v) is 1.67. The van der Waals surface area contributed by atoms with Gasteiger partial charge in [0.25, 0.3) is 6.43 Å². The van der Waals surface area contributed by atoms with Crippen LogP contribution in [-0.2, 0) is 0 Å². The maximum atomic E-state index is 12.6. The first-order valence-corrected chi connectivity index (χ1v) is 3.51. The summed E-state index contributed by atoms with van der Waals surface area (Å²) in [6.45, 7) is 1.35. The lowest BCUT2D eigenvalue weighted by Gasteiger charge is -2.03. The predicted octanol–water partition coefficient (Wildman–Crippen LogP) is 3.12. The molecule has 1 aromatic heterocycles. The van der Waals surface area contributed by atoms with Gasteiger partial charge in [-0.1, -0.05) is 11.6 Å². The van der Waals surface area contributed by atoms with E-state index >= 15 is 0 Å². The van der Waals surface area contributed by atoms with Crippen LogP contribution < -0.4 is 0 Å². The van der Waals surface area contributed by atoms with Crippen molar-refractivity contribution < 1.29 is 13.2 Å². The third kappa shape index (κ3) is 1.69. The quantitative estimate of drug-likeness (QED) is 0.628. The summed E-state index contributed by atoms with van der Waals surface area (Å²) in [5.74, 6) is -0.815. The molecule has 0 fully saturated rings. The molecular formula is C7H5ClF3N. The molecule has 0 aliphatic carbocycles. The highest BCUT2D eigenvalue weighted by Crippen LogP contribution is 2.26. The Balaban J connectivity index is 3.23. The number of aromatic nitrogens is 1. The topological polar surface area (TPSA) is 12.9 Å². The van der Waals surface area contributed by atoms with Crippen molar-refractivity contribution in [3.8, 4) is 0 Å². The molecule has 0 spiro atoms. The number of rotatable bonds is 1. The van der Waals surface area contributed by atoms with Crippen molar-refractivity contribution in [3.63, 3.8) is 0 Å². The zero-order valence-corrected chi connectivity index (χ0v) is 6.87. The van der Waals surface area contributed by atoms with E-state index < -0.39 is 23.1 Å². The maximum Gasteiger partial charge on any atom is 0.266 e. The van der Waals surface area contributed by atoms with Crippen LogP contribution in [0.4, 0.5) is 13.2 Å². The van der Waals surface area contributed by atoms with E-state index in [1.807, 2.05) is 0 Å². The molecule has 0 unspecified atom stereocenters. The molecule has 0 bridgehead atoms. The van der Waals surface area contributed by atoms with Crippen LogP contribution in [0.25, 0.3) is 0 Å². The number of pyridine rings is 1. The number of halogens is 4. The highest BCUT2D eigenvalue weighted by Gasteiger charge is 2.15. The molecule has 0 aliphatic rings. The molecule has 0 saturated carbocycles. The summed E-state index contributed by atoms with van der Waals surface area (Å²) < 4.78 is 36.8. The monoisotopic (exact) mass is 195 g/mol. The Morgan fingerprint density at radius 3 is 2.58 bits per heavy atom. The first kappa shape index (κ1) is 9.32. The van der Waals surface area contributed by atoms with Crippen LogP contribution in [0.15, 0.2) is 6.07 Å². The Kier molecular flexibility index (Phi) is 2.57. The normalized spacial score (nSPS) is 10.8. The van der Waals surface area contributed by atoms with E-state index in [2.05, 4.69) is 4.98 Å². The van der Waals surface area contributed by atoms with E-state index in [4.69, 9.17) is 11.6 Å². The van der Waals surface area contributed by atoms with Crippen molar-refractivity contribution >= 4 is 11.6 Å². The zero-order valence-electron chi connectivity index (χ0n) is 6.11. The second kappa shape index (κ2) is 3.31. The van der Waals surface area contributed by atoms with Crippen molar-refractivity contribution in [2.45, 2.75) is 13.3 Å². The van der Waals surface area contributed by atoms with Crippen LogP contribution in [0.3, 0.4) is 0 Å². The standard InChI is InChI=1S/C7H5ClF3N/c1-3-2-4(6(9)10)5(8)12-7(3)11/h2,6H,1H3. The average molecular weight is 196 g/mol. The van der Waals surface area contributed by atoms with Gasteiger partial charge in [-0.15, -0.1) is 0 Å². The molecule has 0 radical (unpaired) electrons. The summed E-state index contributed by atoms with van der Waals surface area (Å²) in [7, 11) is 0. The SMILES string of the molecule is Cc1cc(C(F)F)c(Cl)nc1F. The van der Waals surface area contributed by atoms with Gasteiger partial charge < -0.3 is 0 Å². The van der Waals surface area contributed by atoms with E-state index in [0.717, 1.165) is 6.07 Å². The average Bonchev–Trinajstić information content (AvgIpc) is 1.96. The van der Waals surface area contributed by atoms with Gasteiger partial charge in [-0.05, 0) is 13.0 Å². The van der Waals surface area contributed by atoms with Gasteiger partial charge in [0.2, 0.25) is 5.95 Å². The predicted molar refractivity (Wildman–Crippen MR) is 38.9 cm³/mol. The number of alkyl halides is 2. The van der Waals surface area contributed by atoms with Crippen LogP contribution >= 0.6 is 11.6 Å². The molecule has 1 aromatic rings. The van der Waals surface area contributed by atoms with Gasteiger partial charge in [0, 0.05) is 5.56 Å². The molecule has 1 rings (SSSR count). The minimum absolute atomic E-state index is 0.0645. The molecule has 0 amide bonds. The maximum absolute atomic E-state index is 12.6. The molecule has 1 heterocycles. The van der Waals surface area contributed by atoms with E-state index in [0.29, 0.717) is 0 Å². The Morgan fingerprint density at radius 1 is 1.50 bits per heavy atom. The fourth-order valence-electron chi connectivity index (χ4n) is 0.744. The lowest BCUT2D eigenvalue weighted by atomic mass is 10.2. The summed E-state index contributed by atoms with van der Waals surface area (Å²) in [4.78, 5) is 3.11. The second-order valence-electron chi connectivity index (χ2n) is 2.28. The molecule has 12 heavy (non-hydrogen) atoms. The fraction of sp³-hybridized carbons (Fsp3) is 0.286. The van der Waals surface area contributed by atoms with E-state index in [9.17, 15) is 13.2 Å². The largest absolute Gasteiger partial charge is 0.266 e. The first-order chi connectivity index (χ1) is 5.52. The van der Waals surface area contributed by atoms with Crippen molar-refractivity contribution in [2.75, 3.05) is 0 Å². The summed E-state index contributed by atoms with van der Waals surface area (Å²) in [6, 6.07) is 0.995. The van der Waals surface area contributed by atoms with Gasteiger partial charge in [-0.3, -0.25) is 0 Å². The number of hydrogen-bond acceptors (Lipinski definition) is 1. The lowest BCUT2D eigenvalue weighted by molar-refractivity contribution is 0.151. The molecule has 1 nitrogen and oxygen atoms in total.